The average molecular weight is 190 g/mol. The summed E-state index contributed by atoms with van der Waals surface area (Å²) in [5, 5.41) is 19.2. The van der Waals surface area contributed by atoms with Crippen LogP contribution in [0.3, 0.4) is 0 Å². The van der Waals surface area contributed by atoms with Gasteiger partial charge < -0.3 is 20.4 Å². The summed E-state index contributed by atoms with van der Waals surface area (Å²) in [5.41, 5.74) is 0. The van der Waals surface area contributed by atoms with Gasteiger partial charge in [0.2, 0.25) is 0 Å². The lowest BCUT2D eigenvalue weighted by Crippen LogP contribution is -2.48. The first-order valence-corrected chi connectivity index (χ1v) is 3.88. The predicted octanol–water partition coefficient (Wildman–Crippen LogP) is -0.907. The second kappa shape index (κ2) is 5.36. The standard InChI is InChI=1S/C7H14N2O4/c1-3-9(2)7(13)8-5(4-10)6(11)12/h5,10H,3-4H2,1-2H3,(H,8,13)(H,11,12)/t5-/m0/s1. The zero-order valence-corrected chi connectivity index (χ0v) is 7.65. The Morgan fingerprint density at radius 3 is 2.38 bits per heavy atom. The summed E-state index contributed by atoms with van der Waals surface area (Å²) in [5.74, 6) is -1.25. The van der Waals surface area contributed by atoms with Crippen molar-refractivity contribution in [2.75, 3.05) is 20.2 Å². The molecule has 3 N–H and O–H groups in total. The zero-order chi connectivity index (χ0) is 10.4. The Labute approximate surface area is 76.2 Å². The number of aliphatic carboxylic acids is 1. The van der Waals surface area contributed by atoms with E-state index in [0.717, 1.165) is 0 Å². The summed E-state index contributed by atoms with van der Waals surface area (Å²) in [4.78, 5) is 22.8. The molecule has 0 radical (unpaired) electrons. The molecule has 0 spiro atoms. The Hall–Kier alpha value is -1.30. The van der Waals surface area contributed by atoms with Gasteiger partial charge >= 0.3 is 12.0 Å². The van der Waals surface area contributed by atoms with Crippen molar-refractivity contribution in [1.29, 1.82) is 0 Å². The molecule has 0 unspecified atom stereocenters. The number of rotatable bonds is 4. The highest BCUT2D eigenvalue weighted by atomic mass is 16.4. The fourth-order valence-corrected chi connectivity index (χ4v) is 0.588. The highest BCUT2D eigenvalue weighted by Gasteiger charge is 2.19. The van der Waals surface area contributed by atoms with Crippen molar-refractivity contribution in [1.82, 2.24) is 10.2 Å². The summed E-state index contributed by atoms with van der Waals surface area (Å²) in [6.45, 7) is 1.62. The van der Waals surface area contributed by atoms with Crippen molar-refractivity contribution >= 4 is 12.0 Å². The fraction of sp³-hybridized carbons (Fsp3) is 0.714. The molecule has 76 valence electrons. The maximum Gasteiger partial charge on any atom is 0.328 e. The van der Waals surface area contributed by atoms with Crippen molar-refractivity contribution in [3.8, 4) is 0 Å². The highest BCUT2D eigenvalue weighted by Crippen LogP contribution is 1.87. The molecule has 6 nitrogen and oxygen atoms in total. The molecule has 0 heterocycles. The van der Waals surface area contributed by atoms with Crippen LogP contribution in [0.1, 0.15) is 6.92 Å². The minimum absolute atomic E-state index is 0.476. The van der Waals surface area contributed by atoms with Crippen molar-refractivity contribution < 1.29 is 19.8 Å². The zero-order valence-electron chi connectivity index (χ0n) is 7.65. The molecule has 0 rings (SSSR count). The molecule has 13 heavy (non-hydrogen) atoms. The van der Waals surface area contributed by atoms with Crippen LogP contribution < -0.4 is 5.32 Å². The van der Waals surface area contributed by atoms with E-state index in [1.54, 1.807) is 6.92 Å². The van der Waals surface area contributed by atoms with Crippen LogP contribution in [0.15, 0.2) is 0 Å². The van der Waals surface area contributed by atoms with E-state index in [1.807, 2.05) is 0 Å². The Bertz CT molecular complexity index is 195. The molecule has 0 aliphatic heterocycles. The maximum atomic E-state index is 11.1. The smallest absolute Gasteiger partial charge is 0.328 e. The van der Waals surface area contributed by atoms with Crippen LogP contribution in [-0.4, -0.2) is 53.4 Å². The van der Waals surface area contributed by atoms with Gasteiger partial charge in [-0.15, -0.1) is 0 Å². The highest BCUT2D eigenvalue weighted by molar-refractivity contribution is 5.82. The lowest BCUT2D eigenvalue weighted by Gasteiger charge is -2.18. The minimum atomic E-state index is -1.25. The van der Waals surface area contributed by atoms with E-state index in [4.69, 9.17) is 10.2 Å². The van der Waals surface area contributed by atoms with Crippen molar-refractivity contribution in [2.45, 2.75) is 13.0 Å². The third kappa shape index (κ3) is 3.75. The second-order valence-electron chi connectivity index (χ2n) is 2.54. The van der Waals surface area contributed by atoms with Gasteiger partial charge in [0, 0.05) is 13.6 Å². The maximum absolute atomic E-state index is 11.1. The van der Waals surface area contributed by atoms with Gasteiger partial charge in [-0.25, -0.2) is 9.59 Å². The first kappa shape index (κ1) is 11.7. The third-order valence-electron chi connectivity index (χ3n) is 1.60. The SMILES string of the molecule is CCN(C)C(=O)N[C@@H](CO)C(=O)O. The number of aliphatic hydroxyl groups excluding tert-OH is 1. The van der Waals surface area contributed by atoms with Gasteiger partial charge in [0.25, 0.3) is 0 Å². The third-order valence-corrected chi connectivity index (χ3v) is 1.60. The summed E-state index contributed by atoms with van der Waals surface area (Å²) in [6.07, 6.45) is 0. The van der Waals surface area contributed by atoms with E-state index in [2.05, 4.69) is 5.32 Å². The number of carboxylic acids is 1. The fourth-order valence-electron chi connectivity index (χ4n) is 0.588. The minimum Gasteiger partial charge on any atom is -0.480 e. The number of amides is 2. The number of carboxylic acid groups (broad SMARTS) is 1. The quantitative estimate of drug-likeness (QED) is 0.535. The van der Waals surface area contributed by atoms with Crippen LogP contribution in [-0.2, 0) is 4.79 Å². The molecule has 0 aromatic heterocycles. The summed E-state index contributed by atoms with van der Waals surface area (Å²) in [6, 6.07) is -1.74. The molecule has 0 aliphatic carbocycles. The van der Waals surface area contributed by atoms with E-state index < -0.39 is 24.6 Å². The summed E-state index contributed by atoms with van der Waals surface area (Å²) in [7, 11) is 1.53. The Kier molecular flexibility index (Phi) is 4.83. The van der Waals surface area contributed by atoms with Crippen molar-refractivity contribution in [3.63, 3.8) is 0 Å². The summed E-state index contributed by atoms with van der Waals surface area (Å²) >= 11 is 0. The first-order chi connectivity index (χ1) is 6.02. The van der Waals surface area contributed by atoms with Gasteiger partial charge in [0.15, 0.2) is 6.04 Å². The van der Waals surface area contributed by atoms with E-state index in [-0.39, 0.29) is 0 Å². The Morgan fingerprint density at radius 2 is 2.08 bits per heavy atom. The van der Waals surface area contributed by atoms with E-state index in [1.165, 1.54) is 11.9 Å². The molecule has 6 heteroatoms. The summed E-state index contributed by atoms with van der Waals surface area (Å²) < 4.78 is 0. The van der Waals surface area contributed by atoms with Gasteiger partial charge in [-0.05, 0) is 6.92 Å². The number of hydrogen-bond acceptors (Lipinski definition) is 3. The van der Waals surface area contributed by atoms with Crippen LogP contribution in [0.4, 0.5) is 4.79 Å². The molecule has 0 aromatic rings. The van der Waals surface area contributed by atoms with Crippen LogP contribution in [0.2, 0.25) is 0 Å². The van der Waals surface area contributed by atoms with Gasteiger partial charge in [0.05, 0.1) is 6.61 Å². The Morgan fingerprint density at radius 1 is 1.54 bits per heavy atom. The van der Waals surface area contributed by atoms with Crippen molar-refractivity contribution in [3.05, 3.63) is 0 Å². The largest absolute Gasteiger partial charge is 0.480 e. The average Bonchev–Trinajstić information content (AvgIpc) is 2.11. The predicted molar refractivity (Wildman–Crippen MR) is 45.3 cm³/mol. The Balaban J connectivity index is 4.09. The molecule has 0 saturated carbocycles. The number of hydrogen-bond donors (Lipinski definition) is 3. The van der Waals surface area contributed by atoms with E-state index >= 15 is 0 Å². The molecule has 0 bridgehead atoms. The van der Waals surface area contributed by atoms with Gasteiger partial charge in [0.1, 0.15) is 0 Å². The van der Waals surface area contributed by atoms with E-state index in [0.29, 0.717) is 6.54 Å². The second-order valence-corrected chi connectivity index (χ2v) is 2.54. The topological polar surface area (TPSA) is 89.9 Å². The molecule has 0 aliphatic rings. The number of carbonyl (C=O) groups is 2. The normalized spacial score (nSPS) is 11.9. The van der Waals surface area contributed by atoms with Crippen LogP contribution >= 0.6 is 0 Å². The van der Waals surface area contributed by atoms with Gasteiger partial charge in [-0.3, -0.25) is 0 Å². The van der Waals surface area contributed by atoms with Gasteiger partial charge in [-0.2, -0.15) is 0 Å². The van der Waals surface area contributed by atoms with Gasteiger partial charge in [-0.1, -0.05) is 0 Å². The lowest BCUT2D eigenvalue weighted by molar-refractivity contribution is -0.140. The van der Waals surface area contributed by atoms with Crippen LogP contribution in [0.5, 0.6) is 0 Å². The lowest BCUT2D eigenvalue weighted by atomic mass is 10.3. The number of nitrogens with zero attached hydrogens (tertiary/aromatic N) is 1. The molecule has 1 atom stereocenters. The molecule has 0 saturated heterocycles. The number of urea groups is 1. The molecule has 0 fully saturated rings. The van der Waals surface area contributed by atoms with E-state index in [9.17, 15) is 9.59 Å². The molecule has 2 amide bonds. The first-order valence-electron chi connectivity index (χ1n) is 3.88. The molecular weight excluding hydrogens is 176 g/mol. The number of carbonyl (C=O) groups excluding carboxylic acids is 1. The van der Waals surface area contributed by atoms with Crippen molar-refractivity contribution in [2.24, 2.45) is 0 Å². The molecular formula is C7H14N2O4. The number of aliphatic hydroxyl groups is 1. The number of nitrogens with one attached hydrogen (secondary N) is 1. The monoisotopic (exact) mass is 190 g/mol. The van der Waals surface area contributed by atoms with Crippen LogP contribution in [0, 0.1) is 0 Å². The molecule has 0 aromatic carbocycles. The van der Waals surface area contributed by atoms with Crippen LogP contribution in [0.25, 0.3) is 0 Å².